The second-order valence-corrected chi connectivity index (χ2v) is 13.2. The Balaban J connectivity index is 4.04. The summed E-state index contributed by atoms with van der Waals surface area (Å²) in [6.07, 6.45) is 26.6. The number of aliphatic hydroxyl groups is 1. The quantitative estimate of drug-likeness (QED) is 0.0242. The first-order valence-electron chi connectivity index (χ1n) is 17.4. The van der Waals surface area contributed by atoms with Gasteiger partial charge in [0.2, 0.25) is 5.91 Å². The summed E-state index contributed by atoms with van der Waals surface area (Å²) in [6, 6.07) is -1.55. The zero-order valence-corrected chi connectivity index (χ0v) is 29.3. The summed E-state index contributed by atoms with van der Waals surface area (Å²) in [6.45, 7) is 2.46. The molecule has 0 aromatic carbocycles. The Morgan fingerprint density at radius 3 is 1.80 bits per heavy atom. The molecule has 1 amide bonds. The van der Waals surface area contributed by atoms with E-state index in [0.717, 1.165) is 64.2 Å². The molecule has 0 aliphatic carbocycles. The fourth-order valence-corrected chi connectivity index (χ4v) is 5.23. The maximum atomic E-state index is 12.2. The summed E-state index contributed by atoms with van der Waals surface area (Å²) in [5, 5.41) is 21.6. The maximum absolute atomic E-state index is 12.2. The van der Waals surface area contributed by atoms with Gasteiger partial charge in [-0.15, -0.1) is 0 Å². The van der Waals surface area contributed by atoms with Crippen LogP contribution in [0.15, 0.2) is 24.3 Å². The lowest BCUT2D eigenvalue weighted by Gasteiger charge is -2.18. The highest BCUT2D eigenvalue weighted by Gasteiger charge is 2.28. The Morgan fingerprint density at radius 1 is 0.696 bits per heavy atom. The van der Waals surface area contributed by atoms with Crippen molar-refractivity contribution < 1.29 is 47.8 Å². The van der Waals surface area contributed by atoms with E-state index in [4.69, 9.17) is 13.8 Å². The number of nitrogens with one attached hydrogen (secondary N) is 1. The molecule has 0 aromatic rings. The number of aliphatic carboxylic acids is 1. The number of carboxylic acids is 1. The number of unbranched alkanes of at least 4 members (excludes halogenated alkanes) is 14. The molecule has 3 unspecified atom stereocenters. The second kappa shape index (κ2) is 30.3. The molecule has 0 aliphatic heterocycles. The number of phosphoric acid groups is 1. The molecule has 4 N–H and O–H groups in total. The van der Waals surface area contributed by atoms with Gasteiger partial charge in [0.25, 0.3) is 0 Å². The molecule has 0 fully saturated rings. The summed E-state index contributed by atoms with van der Waals surface area (Å²) in [5.41, 5.74) is 0. The number of carbonyl (C=O) groups is 3. The average molecular weight is 676 g/mol. The van der Waals surface area contributed by atoms with Crippen LogP contribution in [0.2, 0.25) is 0 Å². The third-order valence-corrected chi connectivity index (χ3v) is 8.19. The summed E-state index contributed by atoms with van der Waals surface area (Å²) in [7, 11) is -4.74. The molecular formula is C34H62NO10P. The van der Waals surface area contributed by atoms with E-state index in [9.17, 15) is 34.1 Å². The van der Waals surface area contributed by atoms with Crippen LogP contribution in [0.25, 0.3) is 0 Å². The van der Waals surface area contributed by atoms with Crippen LogP contribution in [0, 0.1) is 0 Å². The zero-order valence-electron chi connectivity index (χ0n) is 28.4. The fraction of sp³-hybridized carbons (Fsp3) is 0.794. The van der Waals surface area contributed by atoms with E-state index in [1.165, 1.54) is 38.5 Å². The van der Waals surface area contributed by atoms with Gasteiger partial charge in [-0.2, -0.15) is 0 Å². The van der Waals surface area contributed by atoms with E-state index in [1.807, 2.05) is 0 Å². The Morgan fingerprint density at radius 2 is 1.20 bits per heavy atom. The molecule has 0 saturated heterocycles. The first-order valence-corrected chi connectivity index (χ1v) is 18.9. The summed E-state index contributed by atoms with van der Waals surface area (Å²) in [4.78, 5) is 45.4. The van der Waals surface area contributed by atoms with Gasteiger partial charge in [-0.1, -0.05) is 109 Å². The number of carboxylic acid groups (broad SMARTS) is 1. The Hall–Kier alpha value is -2.04. The number of hydrogen-bond donors (Lipinski definition) is 4. The maximum Gasteiger partial charge on any atom is 0.472 e. The lowest BCUT2D eigenvalue weighted by molar-refractivity contribution is -0.147. The molecule has 0 aromatic heterocycles. The average Bonchev–Trinajstić information content (AvgIpc) is 3.02. The number of hydrogen-bond acceptors (Lipinski definition) is 8. The van der Waals surface area contributed by atoms with Crippen molar-refractivity contribution in [2.45, 2.75) is 154 Å². The Labute approximate surface area is 277 Å². The van der Waals surface area contributed by atoms with E-state index >= 15 is 0 Å². The van der Waals surface area contributed by atoms with Crippen molar-refractivity contribution in [1.29, 1.82) is 0 Å². The molecule has 0 bridgehead atoms. The first-order chi connectivity index (χ1) is 22.1. The van der Waals surface area contributed by atoms with E-state index in [1.54, 1.807) is 0 Å². The minimum absolute atomic E-state index is 0.130. The molecule has 0 spiro atoms. The summed E-state index contributed by atoms with van der Waals surface area (Å²) < 4.78 is 26.5. The fourth-order valence-electron chi connectivity index (χ4n) is 4.46. The van der Waals surface area contributed by atoms with E-state index in [-0.39, 0.29) is 12.8 Å². The minimum Gasteiger partial charge on any atom is -0.480 e. The van der Waals surface area contributed by atoms with Crippen LogP contribution in [-0.2, 0) is 32.7 Å². The van der Waals surface area contributed by atoms with Crippen LogP contribution < -0.4 is 5.32 Å². The molecule has 11 nitrogen and oxygen atoms in total. The lowest BCUT2D eigenvalue weighted by atomic mass is 10.1. The normalized spacial score (nSPS) is 14.3. The standard InChI is InChI=1S/C34H62NO10P/c1-3-5-7-9-11-12-13-14-15-16-17-18-20-21-23-25-32(37)35-31(34(39)40)29-45-46(41,42)44-28-30(36)27-43-33(38)26-24-22-19-10-8-6-4-2/h11-12,14-15,30-31,36H,3-10,13,16-29H2,1-2H3,(H,35,37)(H,39,40)(H,41,42)/b12-11-,15-14-. The van der Waals surface area contributed by atoms with Gasteiger partial charge in [0.1, 0.15) is 12.7 Å². The smallest absolute Gasteiger partial charge is 0.472 e. The summed E-state index contributed by atoms with van der Waals surface area (Å²) in [5.74, 6) is -2.40. The van der Waals surface area contributed by atoms with Gasteiger partial charge >= 0.3 is 19.8 Å². The van der Waals surface area contributed by atoms with Crippen LogP contribution in [0.5, 0.6) is 0 Å². The molecule has 268 valence electrons. The van der Waals surface area contributed by atoms with E-state index < -0.39 is 57.6 Å². The Bertz CT molecular complexity index is 895. The summed E-state index contributed by atoms with van der Waals surface area (Å²) >= 11 is 0. The van der Waals surface area contributed by atoms with Gasteiger partial charge in [-0.25, -0.2) is 9.36 Å². The molecular weight excluding hydrogens is 613 g/mol. The van der Waals surface area contributed by atoms with Crippen molar-refractivity contribution in [2.24, 2.45) is 0 Å². The molecule has 46 heavy (non-hydrogen) atoms. The predicted molar refractivity (Wildman–Crippen MR) is 180 cm³/mol. The third-order valence-electron chi connectivity index (χ3n) is 7.24. The van der Waals surface area contributed by atoms with Crippen molar-refractivity contribution in [2.75, 3.05) is 19.8 Å². The second-order valence-electron chi connectivity index (χ2n) is 11.7. The van der Waals surface area contributed by atoms with Crippen LogP contribution in [-0.4, -0.2) is 64.9 Å². The number of allylic oxidation sites excluding steroid dienone is 4. The van der Waals surface area contributed by atoms with Gasteiger partial charge in [0.05, 0.1) is 13.2 Å². The van der Waals surface area contributed by atoms with Gasteiger partial charge in [0.15, 0.2) is 6.04 Å². The van der Waals surface area contributed by atoms with Gasteiger partial charge in [-0.05, 0) is 44.9 Å². The number of carbonyl (C=O) groups excluding carboxylic acids is 2. The number of ether oxygens (including phenoxy) is 1. The lowest BCUT2D eigenvalue weighted by Crippen LogP contribution is -2.43. The largest absolute Gasteiger partial charge is 0.480 e. The highest BCUT2D eigenvalue weighted by molar-refractivity contribution is 7.47. The van der Waals surface area contributed by atoms with Crippen LogP contribution in [0.3, 0.4) is 0 Å². The number of phosphoric ester groups is 1. The van der Waals surface area contributed by atoms with Gasteiger partial charge < -0.3 is 25.2 Å². The molecule has 3 atom stereocenters. The predicted octanol–water partition coefficient (Wildman–Crippen LogP) is 7.55. The first kappa shape index (κ1) is 44.0. The molecule has 0 radical (unpaired) electrons. The van der Waals surface area contributed by atoms with Crippen molar-refractivity contribution >= 4 is 25.7 Å². The highest BCUT2D eigenvalue weighted by Crippen LogP contribution is 2.43. The van der Waals surface area contributed by atoms with Crippen LogP contribution >= 0.6 is 7.82 Å². The van der Waals surface area contributed by atoms with Gasteiger partial charge in [-0.3, -0.25) is 18.6 Å². The van der Waals surface area contributed by atoms with Crippen LogP contribution in [0.1, 0.15) is 142 Å². The highest BCUT2D eigenvalue weighted by atomic mass is 31.2. The van der Waals surface area contributed by atoms with Crippen molar-refractivity contribution in [3.8, 4) is 0 Å². The van der Waals surface area contributed by atoms with Crippen LogP contribution in [0.4, 0.5) is 0 Å². The van der Waals surface area contributed by atoms with Crippen molar-refractivity contribution in [3.63, 3.8) is 0 Å². The SMILES string of the molecule is CCCCC/C=C\C/C=C\CCCCCCCC(=O)NC(COP(=O)(O)OCC(O)COC(=O)CCCCCCCCC)C(=O)O. The number of rotatable bonds is 32. The molecule has 0 rings (SSSR count). The number of esters is 1. The molecule has 0 saturated carbocycles. The number of amides is 1. The minimum atomic E-state index is -4.74. The third kappa shape index (κ3) is 29.4. The molecule has 0 aliphatic rings. The monoisotopic (exact) mass is 675 g/mol. The molecule has 12 heteroatoms. The van der Waals surface area contributed by atoms with E-state index in [0.29, 0.717) is 12.8 Å². The van der Waals surface area contributed by atoms with E-state index in [2.05, 4.69) is 43.5 Å². The van der Waals surface area contributed by atoms with Gasteiger partial charge in [0, 0.05) is 12.8 Å². The van der Waals surface area contributed by atoms with Crippen molar-refractivity contribution in [3.05, 3.63) is 24.3 Å². The number of aliphatic hydroxyl groups excluding tert-OH is 1. The molecule has 0 heterocycles. The topological polar surface area (TPSA) is 169 Å². The zero-order chi connectivity index (χ0) is 34.3. The van der Waals surface area contributed by atoms with Crippen molar-refractivity contribution in [1.82, 2.24) is 5.32 Å². The Kier molecular flexibility index (Phi) is 29.0.